The third-order valence-corrected chi connectivity index (χ3v) is 25.7. The molecule has 0 atom stereocenters. The van der Waals surface area contributed by atoms with E-state index in [2.05, 4.69) is 388 Å². The number of hydrogen-bond acceptors (Lipinski definition) is 0. The zero-order chi connectivity index (χ0) is 75.6. The second-order valence-electron chi connectivity index (χ2n) is 32.3. The number of hydrogen-bond donors (Lipinski definition) is 0. The highest BCUT2D eigenvalue weighted by atomic mass is 14.3. The predicted octanol–water partition coefficient (Wildman–Crippen LogP) is 29.5. The lowest BCUT2D eigenvalue weighted by molar-refractivity contribution is 1.31. The molecule has 0 nitrogen and oxygen atoms in total. The Hall–Kier alpha value is -14.0. The maximum atomic E-state index is 2.49. The maximum Gasteiger partial charge on any atom is -0.00132 e. The van der Waals surface area contributed by atoms with Gasteiger partial charge in [0.25, 0.3) is 0 Å². The molecule has 7 aliphatic rings. The van der Waals surface area contributed by atoms with Crippen LogP contribution in [0.4, 0.5) is 0 Å². The monoisotopic (exact) mass is 1460 g/mol. The molecule has 0 bridgehead atoms. The molecule has 7 aliphatic carbocycles. The number of allylic oxidation sites excluding steroid dienone is 7. The van der Waals surface area contributed by atoms with Gasteiger partial charge in [0, 0.05) is 0 Å². The van der Waals surface area contributed by atoms with Gasteiger partial charge in [-0.3, -0.25) is 0 Å². The summed E-state index contributed by atoms with van der Waals surface area (Å²) in [5, 5.41) is 18.8. The molecule has 0 unspecified atom stereocenters. The predicted molar refractivity (Wildman–Crippen MR) is 493 cm³/mol. The van der Waals surface area contributed by atoms with E-state index in [1.807, 2.05) is 0 Å². The van der Waals surface area contributed by atoms with E-state index in [9.17, 15) is 0 Å². The average Bonchev–Trinajstić information content (AvgIpc) is 1.73. The van der Waals surface area contributed by atoms with E-state index in [-0.39, 0.29) is 0 Å². The molecule has 0 aromatic heterocycles. The molecule has 0 radical (unpaired) electrons. The van der Waals surface area contributed by atoms with Crippen LogP contribution in [-0.4, -0.2) is 0 Å². The highest BCUT2D eigenvalue weighted by Crippen LogP contribution is 2.51. The molecule has 115 heavy (non-hydrogen) atoms. The first-order valence-electron chi connectivity index (χ1n) is 40.9. The van der Waals surface area contributed by atoms with Gasteiger partial charge in [-0.15, -0.1) is 0 Å². The highest BCUT2D eigenvalue weighted by Gasteiger charge is 2.30. The van der Waals surface area contributed by atoms with E-state index in [0.717, 1.165) is 44.9 Å². The summed E-state index contributed by atoms with van der Waals surface area (Å²) in [5.74, 6) is 0. The normalized spacial score (nSPS) is 14.4. The fourth-order valence-corrected chi connectivity index (χ4v) is 20.4. The van der Waals surface area contributed by atoms with Gasteiger partial charge >= 0.3 is 0 Å². The van der Waals surface area contributed by atoms with Gasteiger partial charge in [-0.1, -0.05) is 370 Å². The summed E-state index contributed by atoms with van der Waals surface area (Å²) in [6.45, 7) is 0. The fourth-order valence-electron chi connectivity index (χ4n) is 20.4. The Morgan fingerprint density at radius 3 is 0.626 bits per heavy atom. The number of rotatable bonds is 8. The van der Waals surface area contributed by atoms with E-state index in [1.54, 1.807) is 0 Å². The van der Waals surface area contributed by atoms with Crippen LogP contribution in [0.25, 0.3) is 168 Å². The van der Waals surface area contributed by atoms with Crippen LogP contribution in [0.15, 0.2) is 346 Å². The molecule has 0 heteroatoms. The zero-order valence-corrected chi connectivity index (χ0v) is 63.9. The van der Waals surface area contributed by atoms with Crippen molar-refractivity contribution in [3.8, 4) is 11.1 Å². The minimum absolute atomic E-state index is 0.961. The van der Waals surface area contributed by atoms with E-state index in [4.69, 9.17) is 0 Å². The summed E-state index contributed by atoms with van der Waals surface area (Å²) in [4.78, 5) is 0. The van der Waals surface area contributed by atoms with Crippen LogP contribution in [0, 0.1) is 0 Å². The molecule has 0 saturated carbocycles. The van der Waals surface area contributed by atoms with E-state index >= 15 is 0 Å². The van der Waals surface area contributed by atoms with E-state index in [1.165, 1.54) is 242 Å². The molecule has 0 fully saturated rings. The molecule has 0 amide bonds. The van der Waals surface area contributed by atoms with Gasteiger partial charge in [-0.2, -0.15) is 0 Å². The van der Waals surface area contributed by atoms with Crippen LogP contribution < -0.4 is 0 Å². The standard InChI is InChI=1S/C42H28.C41H28.C32H22/c1-2-10-28-21-33(18-17-27(28)9-1)34-19-20-39-40(26-34)42(36-24-31-13-5-6-14-32(31)25-36)38-16-8-7-15-37(38)41(39)35-22-29-11-3-4-12-30(29)23-35;1-2-10-27-20-33(19-26(27)9-1)32-17-18-38-39(25-32)41(35-23-30-13-5-6-14-31(30)24-35)37-16-8-7-15-36(37)40(38)34-21-28-11-3-4-12-29(28)22-34;1-2-10-22-18-25(17-21(22)9-1)31-27-13-5-7-15-29(27)32(30-16-8-6-14-28(30)31)26-19-23-11-3-4-12-24(23)20-26/h1-22,24,26H,23,25H2;1-19,21,23,25H,20,22,24H2;1-17,19H,18,20H2. The largest absolute Gasteiger partial charge is 0.0619 e. The van der Waals surface area contributed by atoms with Crippen molar-refractivity contribution in [2.45, 2.75) is 44.9 Å². The second kappa shape index (κ2) is 27.4. The molecular weight excluding hydrogens is 1380 g/mol. The summed E-state index contributed by atoms with van der Waals surface area (Å²) in [6.07, 6.45) is 23.7. The van der Waals surface area contributed by atoms with Crippen molar-refractivity contribution < 1.29 is 0 Å². The van der Waals surface area contributed by atoms with Crippen molar-refractivity contribution in [1.82, 2.24) is 0 Å². The highest BCUT2D eigenvalue weighted by molar-refractivity contribution is 6.23. The lowest BCUT2D eigenvalue weighted by atomic mass is 9.83. The quantitative estimate of drug-likeness (QED) is 0.133. The first kappa shape index (κ1) is 66.7. The molecule has 538 valence electrons. The first-order chi connectivity index (χ1) is 57.0. The lowest BCUT2D eigenvalue weighted by Crippen LogP contribution is -1.98. The van der Waals surface area contributed by atoms with Crippen molar-refractivity contribution >= 4 is 157 Å². The first-order valence-corrected chi connectivity index (χ1v) is 40.9. The van der Waals surface area contributed by atoms with Crippen molar-refractivity contribution in [3.05, 3.63) is 463 Å². The van der Waals surface area contributed by atoms with Crippen LogP contribution in [0.5, 0.6) is 0 Å². The van der Waals surface area contributed by atoms with Gasteiger partial charge in [0.15, 0.2) is 0 Å². The molecule has 0 heterocycles. The lowest BCUT2D eigenvalue weighted by Gasteiger charge is -2.20. The van der Waals surface area contributed by atoms with Crippen molar-refractivity contribution in [2.75, 3.05) is 0 Å². The Labute approximate surface area is 671 Å². The van der Waals surface area contributed by atoms with Crippen LogP contribution in [-0.2, 0) is 44.9 Å². The Morgan fingerprint density at radius 1 is 0.130 bits per heavy atom. The minimum Gasteiger partial charge on any atom is -0.0619 e. The van der Waals surface area contributed by atoms with Crippen LogP contribution in [0.3, 0.4) is 0 Å². The minimum atomic E-state index is 0.961. The maximum absolute atomic E-state index is 2.49. The van der Waals surface area contributed by atoms with Crippen molar-refractivity contribution in [1.29, 1.82) is 0 Å². The molecule has 0 aliphatic heterocycles. The van der Waals surface area contributed by atoms with Gasteiger partial charge < -0.3 is 0 Å². The fraction of sp³-hybridized carbons (Fsp3) is 0.0609. The molecule has 18 aromatic rings. The summed E-state index contributed by atoms with van der Waals surface area (Å²) in [6, 6.07) is 128. The molecule has 0 saturated heterocycles. The van der Waals surface area contributed by atoms with Gasteiger partial charge in [-0.05, 0) is 306 Å². The summed E-state index contributed by atoms with van der Waals surface area (Å²) in [7, 11) is 0. The molecule has 0 N–H and O–H groups in total. The van der Waals surface area contributed by atoms with Gasteiger partial charge in [0.1, 0.15) is 0 Å². The Balaban J connectivity index is 0.000000103. The zero-order valence-electron chi connectivity index (χ0n) is 63.9. The van der Waals surface area contributed by atoms with Crippen molar-refractivity contribution in [3.63, 3.8) is 0 Å². The second-order valence-corrected chi connectivity index (χ2v) is 32.3. The summed E-state index contributed by atoms with van der Waals surface area (Å²) >= 11 is 0. The van der Waals surface area contributed by atoms with Gasteiger partial charge in [-0.25, -0.2) is 0 Å². The topological polar surface area (TPSA) is 0 Å². The molecular formula is C115H78. The summed E-state index contributed by atoms with van der Waals surface area (Å²) in [5.41, 5.74) is 41.5. The SMILES string of the molecule is C1=C(c2c3ccccc3c(C3=Cc4ccccc4C3)c3cc(-c4ccc5ccccc5c4)ccc23)Cc2ccccc21.C1=C(c2c3ccccc3c(C3=Cc4ccccc4C3)c3ccccc23)Cc2ccccc21.C1=C(c2ccc3c(C4=Cc5ccccc5C4)c4ccccc4c(C4=Cc5ccccc5C4)c3c2)Cc2ccccc21. The Morgan fingerprint density at radius 2 is 0.330 bits per heavy atom. The van der Waals surface area contributed by atoms with Crippen molar-refractivity contribution in [2.24, 2.45) is 0 Å². The Bertz CT molecular complexity index is 7290. The van der Waals surface area contributed by atoms with Crippen LogP contribution in [0.2, 0.25) is 0 Å². The Kier molecular flexibility index (Phi) is 15.9. The molecule has 25 rings (SSSR count). The van der Waals surface area contributed by atoms with Crippen LogP contribution in [0.1, 0.15) is 117 Å². The van der Waals surface area contributed by atoms with Gasteiger partial charge in [0.2, 0.25) is 0 Å². The number of benzene rings is 18. The number of fused-ring (bicyclic) bond motifs is 14. The smallest absolute Gasteiger partial charge is 0.00132 e. The summed E-state index contributed by atoms with van der Waals surface area (Å²) < 4.78 is 0. The molecule has 0 spiro atoms. The molecule has 18 aromatic carbocycles. The average molecular weight is 1460 g/mol. The van der Waals surface area contributed by atoms with Gasteiger partial charge in [0.05, 0.1) is 0 Å². The third-order valence-electron chi connectivity index (χ3n) is 25.7. The van der Waals surface area contributed by atoms with E-state index in [0.29, 0.717) is 0 Å². The van der Waals surface area contributed by atoms with E-state index < -0.39 is 0 Å². The van der Waals surface area contributed by atoms with Crippen LogP contribution >= 0.6 is 0 Å². The third kappa shape index (κ3) is 11.5.